The number of aromatic nitrogens is 2. The fourth-order valence-corrected chi connectivity index (χ4v) is 5.79. The van der Waals surface area contributed by atoms with Crippen LogP contribution in [0.2, 0.25) is 5.02 Å². The van der Waals surface area contributed by atoms with Gasteiger partial charge < -0.3 is 35.7 Å². The third kappa shape index (κ3) is 5.72. The van der Waals surface area contributed by atoms with Gasteiger partial charge in [0.05, 0.1) is 16.3 Å². The molecule has 1 aromatic carbocycles. The standard InChI is InChI=1S/C27H34ClF2N5O4/c1-14-22(21(15(2)31)16(3)36)33-23(19-7-18(5-6-20(19)28)39-9-17(37)8-32-4)34-24(14)35-12-26(13-35)10-27(38,11-26)25(29)30/h5-7,17,25,31-32,36-38H,8-13H2,1-4H3/b21-16+,31-15?/t17-/m1/s1. The highest BCUT2D eigenvalue weighted by atomic mass is 35.5. The zero-order chi connectivity index (χ0) is 28.7. The molecule has 2 aliphatic rings. The predicted octanol–water partition coefficient (Wildman–Crippen LogP) is 3.99. The molecule has 212 valence electrons. The first-order valence-corrected chi connectivity index (χ1v) is 13.0. The van der Waals surface area contributed by atoms with Crippen LogP contribution in [0.25, 0.3) is 17.0 Å². The Morgan fingerprint density at radius 2 is 1.92 bits per heavy atom. The van der Waals surface area contributed by atoms with E-state index in [1.165, 1.54) is 6.92 Å². The summed E-state index contributed by atoms with van der Waals surface area (Å²) in [5.41, 5.74) is -0.578. The molecule has 39 heavy (non-hydrogen) atoms. The maximum absolute atomic E-state index is 13.2. The van der Waals surface area contributed by atoms with Crippen LogP contribution < -0.4 is 15.0 Å². The summed E-state index contributed by atoms with van der Waals surface area (Å²) >= 11 is 6.55. The van der Waals surface area contributed by atoms with Crippen LogP contribution in [0.4, 0.5) is 14.6 Å². The number of rotatable bonds is 10. The number of nitrogens with one attached hydrogen (secondary N) is 2. The fraction of sp³-hybridized carbons (Fsp3) is 0.519. The van der Waals surface area contributed by atoms with Crippen LogP contribution in [0, 0.1) is 17.7 Å². The third-order valence-electron chi connectivity index (χ3n) is 7.28. The van der Waals surface area contributed by atoms with Crippen molar-refractivity contribution in [2.45, 2.75) is 51.7 Å². The average Bonchev–Trinajstić information content (AvgIpc) is 2.81. The van der Waals surface area contributed by atoms with E-state index in [1.54, 1.807) is 39.1 Å². The molecule has 9 nitrogen and oxygen atoms in total. The van der Waals surface area contributed by atoms with Crippen LogP contribution >= 0.6 is 11.6 Å². The second-order valence-corrected chi connectivity index (χ2v) is 11.1. The molecule has 1 aliphatic heterocycles. The smallest absolute Gasteiger partial charge is 0.266 e. The monoisotopic (exact) mass is 565 g/mol. The van der Waals surface area contributed by atoms with Crippen LogP contribution in [0.3, 0.4) is 0 Å². The normalized spacial score (nSPS) is 18.9. The van der Waals surface area contributed by atoms with Crippen LogP contribution in [0.5, 0.6) is 5.75 Å². The number of likely N-dealkylation sites (N-methyl/N-ethyl adjacent to an activating group) is 1. The lowest BCUT2D eigenvalue weighted by atomic mass is 9.55. The van der Waals surface area contributed by atoms with Crippen LogP contribution in [0.15, 0.2) is 24.0 Å². The first-order chi connectivity index (χ1) is 18.3. The molecule has 5 N–H and O–H groups in total. The van der Waals surface area contributed by atoms with Crippen molar-refractivity contribution in [2.24, 2.45) is 5.41 Å². The number of alkyl halides is 2. The van der Waals surface area contributed by atoms with Crippen LogP contribution in [-0.4, -0.2) is 82.4 Å². The van der Waals surface area contributed by atoms with Gasteiger partial charge in [-0.1, -0.05) is 11.6 Å². The summed E-state index contributed by atoms with van der Waals surface area (Å²) in [6.07, 6.45) is -3.47. The Morgan fingerprint density at radius 1 is 1.26 bits per heavy atom. The van der Waals surface area contributed by atoms with E-state index in [-0.39, 0.29) is 42.3 Å². The van der Waals surface area contributed by atoms with Gasteiger partial charge >= 0.3 is 0 Å². The number of halogens is 3. The molecule has 12 heteroatoms. The van der Waals surface area contributed by atoms with Gasteiger partial charge in [0.15, 0.2) is 5.82 Å². The van der Waals surface area contributed by atoms with Crippen molar-refractivity contribution < 1.29 is 28.8 Å². The molecule has 1 aromatic heterocycles. The number of aliphatic hydroxyl groups excluding tert-OH is 2. The molecule has 1 saturated carbocycles. The van der Waals surface area contributed by atoms with Crippen LogP contribution in [0.1, 0.15) is 37.9 Å². The molecule has 1 spiro atoms. The van der Waals surface area contributed by atoms with E-state index in [0.717, 1.165) is 0 Å². The minimum Gasteiger partial charge on any atom is -0.512 e. The fourth-order valence-electron chi connectivity index (χ4n) is 5.59. The van der Waals surface area contributed by atoms with Gasteiger partial charge in [-0.15, -0.1) is 0 Å². The van der Waals surface area contributed by atoms with Crippen molar-refractivity contribution >= 4 is 28.7 Å². The SMILES string of the molecule is CNC[C@@H](O)COc1ccc(Cl)c(-c2nc(/C(C(C)=N)=C(\C)O)c(C)c(N3CC4(C3)CC(O)(C(F)F)C4)n2)c1. The van der Waals surface area contributed by atoms with Gasteiger partial charge in [-0.25, -0.2) is 18.7 Å². The number of hydrogen-bond acceptors (Lipinski definition) is 9. The second-order valence-electron chi connectivity index (χ2n) is 10.7. The number of ether oxygens (including phenoxy) is 1. The summed E-state index contributed by atoms with van der Waals surface area (Å²) in [7, 11) is 1.73. The highest BCUT2D eigenvalue weighted by molar-refractivity contribution is 6.33. The average molecular weight is 566 g/mol. The lowest BCUT2D eigenvalue weighted by molar-refractivity contribution is -0.209. The second kappa shape index (κ2) is 11.0. The summed E-state index contributed by atoms with van der Waals surface area (Å²) in [4.78, 5) is 11.4. The summed E-state index contributed by atoms with van der Waals surface area (Å²) in [6, 6.07) is 4.96. The van der Waals surface area contributed by atoms with Gasteiger partial charge in [-0.05, 0) is 58.9 Å². The molecule has 0 unspecified atom stereocenters. The molecule has 0 radical (unpaired) electrons. The lowest BCUT2D eigenvalue weighted by Gasteiger charge is -2.62. The van der Waals surface area contributed by atoms with Crippen molar-refractivity contribution in [3.8, 4) is 17.1 Å². The van der Waals surface area contributed by atoms with Gasteiger partial charge in [-0.3, -0.25) is 0 Å². The largest absolute Gasteiger partial charge is 0.512 e. The quantitative estimate of drug-likeness (QED) is 0.216. The third-order valence-corrected chi connectivity index (χ3v) is 7.60. The first kappa shape index (κ1) is 29.1. The number of benzene rings is 1. The molecule has 1 atom stereocenters. The Kier molecular flexibility index (Phi) is 8.18. The minimum absolute atomic E-state index is 0.0170. The highest BCUT2D eigenvalue weighted by Crippen LogP contribution is 2.57. The van der Waals surface area contributed by atoms with Crippen molar-refractivity contribution in [1.82, 2.24) is 15.3 Å². The molecule has 0 amide bonds. The van der Waals surface area contributed by atoms with Gasteiger partial charge in [0.2, 0.25) is 0 Å². The van der Waals surface area contributed by atoms with E-state index < -0.39 is 23.5 Å². The number of anilines is 1. The molecule has 1 saturated heterocycles. The number of aliphatic hydroxyl groups is 3. The van der Waals surface area contributed by atoms with Crippen LogP contribution in [-0.2, 0) is 0 Å². The Balaban J connectivity index is 1.72. The van der Waals surface area contributed by atoms with Gasteiger partial charge in [0.25, 0.3) is 6.43 Å². The number of nitrogens with zero attached hydrogens (tertiary/aromatic N) is 3. The summed E-state index contributed by atoms with van der Waals surface area (Å²) in [5, 5.41) is 42.0. The Bertz CT molecular complexity index is 1290. The summed E-state index contributed by atoms with van der Waals surface area (Å²) in [5.74, 6) is 1.12. The zero-order valence-corrected chi connectivity index (χ0v) is 23.1. The summed E-state index contributed by atoms with van der Waals surface area (Å²) in [6.45, 7) is 6.08. The molecule has 2 heterocycles. The van der Waals surface area contributed by atoms with E-state index >= 15 is 0 Å². The lowest BCUT2D eigenvalue weighted by Crippen LogP contribution is -2.70. The Labute approximate surface area is 231 Å². The molecule has 1 aliphatic carbocycles. The van der Waals surface area contributed by atoms with Gasteiger partial charge in [-0.2, -0.15) is 0 Å². The van der Waals surface area contributed by atoms with E-state index in [1.807, 2.05) is 4.90 Å². The number of hydrogen-bond donors (Lipinski definition) is 5. The minimum atomic E-state index is -2.79. The predicted molar refractivity (Wildman–Crippen MR) is 146 cm³/mol. The van der Waals surface area contributed by atoms with Crippen molar-refractivity contribution in [3.05, 3.63) is 40.2 Å². The van der Waals surface area contributed by atoms with Crippen molar-refractivity contribution in [3.63, 3.8) is 0 Å². The molecule has 4 rings (SSSR count). The maximum Gasteiger partial charge on any atom is 0.266 e. The molecule has 0 bridgehead atoms. The zero-order valence-electron chi connectivity index (χ0n) is 22.4. The molecular weight excluding hydrogens is 532 g/mol. The van der Waals surface area contributed by atoms with Crippen molar-refractivity contribution in [1.29, 1.82) is 5.41 Å². The molecular formula is C27H34ClF2N5O4. The van der Waals surface area contributed by atoms with Gasteiger partial charge in [0, 0.05) is 41.9 Å². The maximum atomic E-state index is 13.2. The van der Waals surface area contributed by atoms with E-state index in [2.05, 4.69) is 5.32 Å². The summed E-state index contributed by atoms with van der Waals surface area (Å²) < 4.78 is 32.2. The Morgan fingerprint density at radius 3 is 2.49 bits per heavy atom. The van der Waals surface area contributed by atoms with E-state index in [4.69, 9.17) is 31.7 Å². The number of allylic oxidation sites excluding steroid dienone is 2. The van der Waals surface area contributed by atoms with E-state index in [9.17, 15) is 24.1 Å². The highest BCUT2D eigenvalue weighted by Gasteiger charge is 2.63. The molecule has 2 aromatic rings. The first-order valence-electron chi connectivity index (χ1n) is 12.6. The topological polar surface area (TPSA) is 135 Å². The Hall–Kier alpha value is -2.86. The van der Waals surface area contributed by atoms with Gasteiger partial charge in [0.1, 0.15) is 35.6 Å². The van der Waals surface area contributed by atoms with E-state index in [0.29, 0.717) is 53.0 Å². The molecule has 2 fully saturated rings. The van der Waals surface area contributed by atoms with Crippen molar-refractivity contribution in [2.75, 3.05) is 38.2 Å².